The van der Waals surface area contributed by atoms with E-state index in [9.17, 15) is 0 Å². The van der Waals surface area contributed by atoms with Crippen LogP contribution < -0.4 is 4.74 Å². The van der Waals surface area contributed by atoms with Crippen molar-refractivity contribution in [2.75, 3.05) is 0 Å². The second-order valence-electron chi connectivity index (χ2n) is 5.67. The van der Waals surface area contributed by atoms with Crippen LogP contribution in [-0.2, 0) is 6.61 Å². The zero-order chi connectivity index (χ0) is 17.6. The van der Waals surface area contributed by atoms with Crippen LogP contribution in [0.3, 0.4) is 0 Å². The van der Waals surface area contributed by atoms with E-state index in [-0.39, 0.29) is 0 Å². The Bertz CT molecular complexity index is 972. The molecule has 0 spiro atoms. The summed E-state index contributed by atoms with van der Waals surface area (Å²) in [6.07, 6.45) is 10.8. The third-order valence-corrected chi connectivity index (χ3v) is 3.81. The largest absolute Gasteiger partial charge is 0.487 e. The van der Waals surface area contributed by atoms with Gasteiger partial charge in [0.25, 0.3) is 0 Å². The highest BCUT2D eigenvalue weighted by Crippen LogP contribution is 2.17. The smallest absolute Gasteiger partial charge is 0.218 e. The van der Waals surface area contributed by atoms with Crippen LogP contribution in [0.5, 0.6) is 5.75 Å². The second kappa shape index (κ2) is 7.53. The Hall–Kier alpha value is -3.60. The van der Waals surface area contributed by atoms with Gasteiger partial charge in [-0.25, -0.2) is 9.97 Å². The highest BCUT2D eigenvalue weighted by atomic mass is 16.5. The lowest BCUT2D eigenvalue weighted by atomic mass is 10.2. The molecular weight excluding hydrogens is 326 g/mol. The van der Waals surface area contributed by atoms with E-state index in [2.05, 4.69) is 9.97 Å². The standard InChI is InChI=1S/C21H17N3O2/c1-2-4-17(5-3-1)6-11-21-23-18(15-26-21)14-25-20-9-7-19(8-10-20)24-13-12-22-16-24/h1-13,15-16H,14H2/b11-6+. The van der Waals surface area contributed by atoms with Gasteiger partial charge >= 0.3 is 0 Å². The highest BCUT2D eigenvalue weighted by Gasteiger charge is 2.03. The van der Waals surface area contributed by atoms with Crippen molar-refractivity contribution in [3.8, 4) is 11.4 Å². The minimum absolute atomic E-state index is 0.354. The van der Waals surface area contributed by atoms with Crippen molar-refractivity contribution in [1.29, 1.82) is 0 Å². The lowest BCUT2D eigenvalue weighted by molar-refractivity contribution is 0.301. The van der Waals surface area contributed by atoms with Gasteiger partial charge in [-0.1, -0.05) is 30.3 Å². The minimum Gasteiger partial charge on any atom is -0.487 e. The maximum atomic E-state index is 5.77. The molecule has 5 heteroatoms. The summed E-state index contributed by atoms with van der Waals surface area (Å²) in [4.78, 5) is 8.45. The number of rotatable bonds is 6. The van der Waals surface area contributed by atoms with Gasteiger partial charge in [0.05, 0.1) is 6.33 Å². The van der Waals surface area contributed by atoms with E-state index < -0.39 is 0 Å². The van der Waals surface area contributed by atoms with Crippen molar-refractivity contribution in [2.24, 2.45) is 0 Å². The third-order valence-electron chi connectivity index (χ3n) is 3.81. The molecule has 0 radical (unpaired) electrons. The molecule has 2 aromatic heterocycles. The zero-order valence-electron chi connectivity index (χ0n) is 14.0. The molecule has 0 N–H and O–H groups in total. The van der Waals surface area contributed by atoms with Gasteiger partial charge in [0.1, 0.15) is 24.3 Å². The molecule has 5 nitrogen and oxygen atoms in total. The zero-order valence-corrected chi connectivity index (χ0v) is 14.0. The number of nitrogens with zero attached hydrogens (tertiary/aromatic N) is 3. The Morgan fingerprint density at radius 2 is 1.85 bits per heavy atom. The van der Waals surface area contributed by atoms with Crippen molar-refractivity contribution in [1.82, 2.24) is 14.5 Å². The van der Waals surface area contributed by atoms with Crippen LogP contribution in [0, 0.1) is 0 Å². The van der Waals surface area contributed by atoms with Gasteiger partial charge in [0.15, 0.2) is 0 Å². The number of oxazole rings is 1. The Morgan fingerprint density at radius 3 is 2.62 bits per heavy atom. The van der Waals surface area contributed by atoms with Crippen LogP contribution >= 0.6 is 0 Å². The van der Waals surface area contributed by atoms with E-state index in [1.807, 2.05) is 77.5 Å². The molecule has 26 heavy (non-hydrogen) atoms. The minimum atomic E-state index is 0.354. The first-order valence-corrected chi connectivity index (χ1v) is 8.25. The fourth-order valence-electron chi connectivity index (χ4n) is 2.48. The molecule has 0 aliphatic carbocycles. The summed E-state index contributed by atoms with van der Waals surface area (Å²) >= 11 is 0. The molecule has 0 saturated heterocycles. The van der Waals surface area contributed by atoms with E-state index in [4.69, 9.17) is 9.15 Å². The number of hydrogen-bond acceptors (Lipinski definition) is 4. The van der Waals surface area contributed by atoms with E-state index in [1.54, 1.807) is 18.8 Å². The summed E-state index contributed by atoms with van der Waals surface area (Å²) in [5.41, 5.74) is 2.88. The first kappa shape index (κ1) is 15.9. The average molecular weight is 343 g/mol. The summed E-state index contributed by atoms with van der Waals surface area (Å²) in [5.74, 6) is 1.33. The predicted molar refractivity (Wildman–Crippen MR) is 99.8 cm³/mol. The number of ether oxygens (including phenoxy) is 1. The van der Waals surface area contributed by atoms with Gasteiger partial charge in [-0.3, -0.25) is 0 Å². The first-order chi connectivity index (χ1) is 12.9. The average Bonchev–Trinajstić information content (AvgIpc) is 3.38. The molecule has 0 fully saturated rings. The van der Waals surface area contributed by atoms with Gasteiger partial charge in [-0.05, 0) is 35.9 Å². The summed E-state index contributed by atoms with van der Waals surface area (Å²) in [6, 6.07) is 17.8. The molecule has 0 unspecified atom stereocenters. The lowest BCUT2D eigenvalue weighted by Crippen LogP contribution is -1.96. The molecule has 0 bridgehead atoms. The lowest BCUT2D eigenvalue weighted by Gasteiger charge is -2.06. The molecule has 4 aromatic rings. The molecule has 0 saturated carbocycles. The molecule has 4 rings (SSSR count). The fourth-order valence-corrected chi connectivity index (χ4v) is 2.48. The molecule has 2 heterocycles. The topological polar surface area (TPSA) is 53.1 Å². The van der Waals surface area contributed by atoms with E-state index in [0.29, 0.717) is 12.5 Å². The molecule has 0 aliphatic rings. The summed E-state index contributed by atoms with van der Waals surface area (Å²) in [5, 5.41) is 0. The Balaban J connectivity index is 1.35. The molecule has 0 aliphatic heterocycles. The van der Waals surface area contributed by atoms with Crippen molar-refractivity contribution in [2.45, 2.75) is 6.61 Å². The number of benzene rings is 2. The second-order valence-corrected chi connectivity index (χ2v) is 5.67. The van der Waals surface area contributed by atoms with Crippen LogP contribution in [0.25, 0.3) is 17.8 Å². The van der Waals surface area contributed by atoms with Gasteiger partial charge in [0, 0.05) is 24.2 Å². The third kappa shape index (κ3) is 3.89. The summed E-state index contributed by atoms with van der Waals surface area (Å²) in [6.45, 7) is 0.354. The number of hydrogen-bond donors (Lipinski definition) is 0. The summed E-state index contributed by atoms with van der Waals surface area (Å²) in [7, 11) is 0. The van der Waals surface area contributed by atoms with Gasteiger partial charge in [-0.15, -0.1) is 0 Å². The normalized spacial score (nSPS) is 11.1. The van der Waals surface area contributed by atoms with Crippen LogP contribution in [0.2, 0.25) is 0 Å². The maximum Gasteiger partial charge on any atom is 0.218 e. The van der Waals surface area contributed by atoms with E-state index in [1.165, 1.54) is 0 Å². The monoisotopic (exact) mass is 343 g/mol. The number of imidazole rings is 1. The van der Waals surface area contributed by atoms with Gasteiger partial charge in [-0.2, -0.15) is 0 Å². The van der Waals surface area contributed by atoms with Crippen LogP contribution in [0.15, 0.2) is 84.0 Å². The fraction of sp³-hybridized carbons (Fsp3) is 0.0476. The maximum absolute atomic E-state index is 5.77. The number of aromatic nitrogens is 3. The molecule has 128 valence electrons. The van der Waals surface area contributed by atoms with Crippen molar-refractivity contribution in [3.63, 3.8) is 0 Å². The molecule has 0 atom stereocenters. The van der Waals surface area contributed by atoms with Crippen LogP contribution in [0.1, 0.15) is 17.1 Å². The van der Waals surface area contributed by atoms with Crippen molar-refractivity contribution < 1.29 is 9.15 Å². The van der Waals surface area contributed by atoms with E-state index >= 15 is 0 Å². The first-order valence-electron chi connectivity index (χ1n) is 8.25. The Kier molecular flexibility index (Phi) is 4.60. The Labute approximate surface area is 151 Å². The SMILES string of the molecule is C(=C\c1nc(COc2ccc(-n3ccnc3)cc2)co1)/c1ccccc1. The molecular formula is C21H17N3O2. The van der Waals surface area contributed by atoms with Crippen LogP contribution in [-0.4, -0.2) is 14.5 Å². The quantitative estimate of drug-likeness (QED) is 0.513. The van der Waals surface area contributed by atoms with E-state index in [0.717, 1.165) is 22.7 Å². The molecule has 0 amide bonds. The van der Waals surface area contributed by atoms with Gasteiger partial charge in [0.2, 0.25) is 5.89 Å². The van der Waals surface area contributed by atoms with Crippen molar-refractivity contribution in [3.05, 3.63) is 96.7 Å². The summed E-state index contributed by atoms with van der Waals surface area (Å²) < 4.78 is 13.2. The predicted octanol–water partition coefficient (Wildman–Crippen LogP) is 4.61. The van der Waals surface area contributed by atoms with Crippen LogP contribution in [0.4, 0.5) is 0 Å². The Morgan fingerprint density at radius 1 is 1.00 bits per heavy atom. The highest BCUT2D eigenvalue weighted by molar-refractivity contribution is 5.65. The van der Waals surface area contributed by atoms with Gasteiger partial charge < -0.3 is 13.7 Å². The van der Waals surface area contributed by atoms with Crippen molar-refractivity contribution >= 4 is 12.2 Å². The molecule has 2 aromatic carbocycles.